The summed E-state index contributed by atoms with van der Waals surface area (Å²) in [4.78, 5) is 0. The van der Waals surface area contributed by atoms with Crippen LogP contribution in [0.4, 0.5) is 0 Å². The van der Waals surface area contributed by atoms with Crippen molar-refractivity contribution in [2.75, 3.05) is 0 Å². The molecule has 4 rings (SSSR count). The number of aliphatic hydroxyl groups is 3. The molecule has 0 aromatic carbocycles. The van der Waals surface area contributed by atoms with Crippen LogP contribution in [0.3, 0.4) is 0 Å². The van der Waals surface area contributed by atoms with Gasteiger partial charge in [0, 0.05) is 0 Å². The molecule has 3 saturated carbocycles. The van der Waals surface area contributed by atoms with Crippen LogP contribution in [0.5, 0.6) is 0 Å². The average molecular weight is 433 g/mol. The van der Waals surface area contributed by atoms with Crippen molar-refractivity contribution < 1.29 is 15.3 Å². The number of aliphatic hydroxyl groups excluding tert-OH is 3. The smallest absolute Gasteiger partial charge is 0.0757 e. The molecule has 0 heterocycles. The van der Waals surface area contributed by atoms with Crippen LogP contribution in [-0.2, 0) is 0 Å². The molecule has 3 N–H and O–H groups in total. The van der Waals surface area contributed by atoms with E-state index in [0.717, 1.165) is 25.7 Å². The molecule has 11 unspecified atom stereocenters. The van der Waals surface area contributed by atoms with Gasteiger partial charge in [0.25, 0.3) is 0 Å². The first-order valence-corrected chi connectivity index (χ1v) is 13.2. The molecule has 4 aliphatic rings. The Morgan fingerprint density at radius 1 is 0.968 bits per heavy atom. The van der Waals surface area contributed by atoms with Gasteiger partial charge in [-0.1, -0.05) is 53.2 Å². The van der Waals surface area contributed by atoms with Crippen LogP contribution in [0.1, 0.15) is 92.9 Å². The van der Waals surface area contributed by atoms with Crippen LogP contribution in [0.15, 0.2) is 11.6 Å². The van der Waals surface area contributed by atoms with E-state index in [2.05, 4.69) is 47.6 Å². The molecule has 4 aliphatic carbocycles. The minimum absolute atomic E-state index is 0.153. The molecule has 0 amide bonds. The molecule has 0 radical (unpaired) electrons. The lowest BCUT2D eigenvalue weighted by atomic mass is 9.46. The topological polar surface area (TPSA) is 60.7 Å². The fraction of sp³-hybridized carbons (Fsp3) is 0.929. The highest BCUT2D eigenvalue weighted by Crippen LogP contribution is 2.67. The average Bonchev–Trinajstić information content (AvgIpc) is 3.05. The van der Waals surface area contributed by atoms with Gasteiger partial charge in [-0.2, -0.15) is 0 Å². The van der Waals surface area contributed by atoms with Crippen LogP contribution >= 0.6 is 0 Å². The number of hydrogen-bond donors (Lipinski definition) is 3. The SMILES string of the molecule is CC(C)C(C)CC(O)C(C)C1CCC2C3C(O)C=C4CC(O)CCC4(C)C3CCC12C. The van der Waals surface area contributed by atoms with Crippen molar-refractivity contribution >= 4 is 0 Å². The van der Waals surface area contributed by atoms with Gasteiger partial charge in [0.15, 0.2) is 0 Å². The molecule has 3 nitrogen and oxygen atoms in total. The normalized spacial score (nSPS) is 47.7. The molecule has 3 heteroatoms. The molecule has 0 aliphatic heterocycles. The maximum atomic E-state index is 11.3. The molecule has 0 spiro atoms. The maximum Gasteiger partial charge on any atom is 0.0757 e. The molecule has 3 fully saturated rings. The lowest BCUT2D eigenvalue weighted by Crippen LogP contribution is -2.55. The first-order chi connectivity index (χ1) is 14.5. The first kappa shape index (κ1) is 23.8. The fourth-order valence-corrected chi connectivity index (χ4v) is 8.67. The van der Waals surface area contributed by atoms with Gasteiger partial charge >= 0.3 is 0 Å². The number of hydrogen-bond acceptors (Lipinski definition) is 3. The Kier molecular flexibility index (Phi) is 6.47. The summed E-state index contributed by atoms with van der Waals surface area (Å²) in [5.74, 6) is 3.44. The highest BCUT2D eigenvalue weighted by molar-refractivity contribution is 5.28. The predicted octanol–water partition coefficient (Wildman–Crippen LogP) is 5.58. The molecule has 0 saturated heterocycles. The Labute approximate surface area is 190 Å². The third-order valence-corrected chi connectivity index (χ3v) is 11.2. The maximum absolute atomic E-state index is 11.3. The first-order valence-electron chi connectivity index (χ1n) is 13.2. The van der Waals surface area contributed by atoms with Gasteiger partial charge < -0.3 is 15.3 Å². The van der Waals surface area contributed by atoms with E-state index in [4.69, 9.17) is 0 Å². The van der Waals surface area contributed by atoms with E-state index in [1.54, 1.807) is 0 Å². The van der Waals surface area contributed by atoms with Gasteiger partial charge in [-0.25, -0.2) is 0 Å². The molecule has 11 atom stereocenters. The monoisotopic (exact) mass is 432 g/mol. The standard InChI is InChI=1S/C28H48O3/c1-16(2)17(3)13-24(30)18(4)21-7-8-22-26-23(10-12-28(21,22)6)27(5)11-9-20(29)14-19(27)15-25(26)31/h15-18,20-26,29-31H,7-14H2,1-6H3. The second-order valence-corrected chi connectivity index (χ2v) is 12.9. The Morgan fingerprint density at radius 3 is 2.35 bits per heavy atom. The molecule has 0 aromatic rings. The van der Waals surface area contributed by atoms with Crippen molar-refractivity contribution in [1.29, 1.82) is 0 Å². The zero-order chi connectivity index (χ0) is 22.7. The van der Waals surface area contributed by atoms with Gasteiger partial charge in [0.05, 0.1) is 18.3 Å². The highest BCUT2D eigenvalue weighted by atomic mass is 16.3. The molecule has 0 bridgehead atoms. The summed E-state index contributed by atoms with van der Waals surface area (Å²) in [6.07, 6.45) is 9.70. The van der Waals surface area contributed by atoms with Crippen molar-refractivity contribution in [3.8, 4) is 0 Å². The number of fused-ring (bicyclic) bond motifs is 5. The van der Waals surface area contributed by atoms with Crippen LogP contribution in [-0.4, -0.2) is 33.6 Å². The Bertz CT molecular complexity index is 686. The van der Waals surface area contributed by atoms with E-state index in [0.29, 0.717) is 41.4 Å². The molecular weight excluding hydrogens is 384 g/mol. The fourth-order valence-electron chi connectivity index (χ4n) is 8.67. The largest absolute Gasteiger partial charge is 0.393 e. The Balaban J connectivity index is 1.56. The number of rotatable bonds is 5. The van der Waals surface area contributed by atoms with Crippen molar-refractivity contribution in [3.05, 3.63) is 11.6 Å². The van der Waals surface area contributed by atoms with E-state index in [9.17, 15) is 15.3 Å². The zero-order valence-corrected chi connectivity index (χ0v) is 20.8. The summed E-state index contributed by atoms with van der Waals surface area (Å²) >= 11 is 0. The second-order valence-electron chi connectivity index (χ2n) is 12.9. The van der Waals surface area contributed by atoms with Crippen LogP contribution < -0.4 is 0 Å². The quantitative estimate of drug-likeness (QED) is 0.497. The van der Waals surface area contributed by atoms with Crippen LogP contribution in [0.25, 0.3) is 0 Å². The summed E-state index contributed by atoms with van der Waals surface area (Å²) in [5.41, 5.74) is 1.70. The lowest BCUT2D eigenvalue weighted by Gasteiger charge is -2.59. The summed E-state index contributed by atoms with van der Waals surface area (Å²) < 4.78 is 0. The van der Waals surface area contributed by atoms with E-state index < -0.39 is 0 Å². The van der Waals surface area contributed by atoms with Crippen LogP contribution in [0, 0.1) is 52.3 Å². The second kappa shape index (κ2) is 8.44. The summed E-state index contributed by atoms with van der Waals surface area (Å²) in [6, 6.07) is 0. The van der Waals surface area contributed by atoms with Gasteiger partial charge in [0.1, 0.15) is 0 Å². The third-order valence-electron chi connectivity index (χ3n) is 11.2. The summed E-state index contributed by atoms with van der Waals surface area (Å²) in [6.45, 7) is 14.0. The van der Waals surface area contributed by atoms with E-state index in [1.807, 2.05) is 0 Å². The van der Waals surface area contributed by atoms with Gasteiger partial charge in [-0.3, -0.25) is 0 Å². The summed E-state index contributed by atoms with van der Waals surface area (Å²) in [5, 5.41) is 32.7. The minimum atomic E-state index is -0.372. The predicted molar refractivity (Wildman–Crippen MR) is 126 cm³/mol. The third kappa shape index (κ3) is 3.85. The van der Waals surface area contributed by atoms with E-state index in [-0.39, 0.29) is 29.1 Å². The van der Waals surface area contributed by atoms with Crippen molar-refractivity contribution in [3.63, 3.8) is 0 Å². The van der Waals surface area contributed by atoms with Gasteiger partial charge in [0.2, 0.25) is 0 Å². The van der Waals surface area contributed by atoms with E-state index >= 15 is 0 Å². The van der Waals surface area contributed by atoms with E-state index in [1.165, 1.54) is 31.3 Å². The molecular formula is C28H48O3. The molecule has 31 heavy (non-hydrogen) atoms. The van der Waals surface area contributed by atoms with Crippen molar-refractivity contribution in [2.45, 2.75) is 111 Å². The van der Waals surface area contributed by atoms with Gasteiger partial charge in [-0.05, 0) is 104 Å². The van der Waals surface area contributed by atoms with Crippen molar-refractivity contribution in [2.24, 2.45) is 52.3 Å². The summed E-state index contributed by atoms with van der Waals surface area (Å²) in [7, 11) is 0. The van der Waals surface area contributed by atoms with Gasteiger partial charge in [-0.15, -0.1) is 0 Å². The zero-order valence-electron chi connectivity index (χ0n) is 20.8. The molecule has 178 valence electrons. The highest BCUT2D eigenvalue weighted by Gasteiger charge is 2.61. The molecule has 0 aromatic heterocycles. The Hall–Kier alpha value is -0.380. The Morgan fingerprint density at radius 2 is 1.68 bits per heavy atom. The minimum Gasteiger partial charge on any atom is -0.393 e. The van der Waals surface area contributed by atoms with Crippen molar-refractivity contribution in [1.82, 2.24) is 0 Å². The van der Waals surface area contributed by atoms with Crippen LogP contribution in [0.2, 0.25) is 0 Å². The lowest BCUT2D eigenvalue weighted by molar-refractivity contribution is -0.103.